The van der Waals surface area contributed by atoms with Gasteiger partial charge in [0.15, 0.2) is 17.1 Å². The van der Waals surface area contributed by atoms with E-state index in [-0.39, 0.29) is 12.5 Å². The van der Waals surface area contributed by atoms with Crippen LogP contribution in [0.15, 0.2) is 89.3 Å². The minimum absolute atomic E-state index is 0.0905. The molecule has 4 aromatic carbocycles. The molecule has 0 radical (unpaired) electrons. The van der Waals surface area contributed by atoms with Crippen LogP contribution in [0.1, 0.15) is 18.1 Å². The Hall–Kier alpha value is -4.00. The largest absolute Gasteiger partial charge is 0.493 e. The number of fused-ring (bicyclic) bond motifs is 1. The lowest BCUT2D eigenvalue weighted by molar-refractivity contribution is -0.116. The van der Waals surface area contributed by atoms with Crippen LogP contribution in [0.25, 0.3) is 22.6 Å². The molecule has 5 aromatic rings. The minimum atomic E-state index is -0.0905. The fourth-order valence-electron chi connectivity index (χ4n) is 4.10. The molecule has 0 unspecified atom stereocenters. The van der Waals surface area contributed by atoms with Gasteiger partial charge in [0, 0.05) is 33.8 Å². The molecule has 0 aliphatic rings. The fourth-order valence-corrected chi connectivity index (χ4v) is 4.60. The van der Waals surface area contributed by atoms with Crippen molar-refractivity contribution in [2.45, 2.75) is 20.1 Å². The zero-order chi connectivity index (χ0) is 26.6. The highest BCUT2D eigenvalue weighted by molar-refractivity contribution is 6.35. The summed E-state index contributed by atoms with van der Waals surface area (Å²) in [5.41, 5.74) is 4.69. The normalized spacial score (nSPS) is 10.9. The summed E-state index contributed by atoms with van der Waals surface area (Å²) in [5.74, 6) is 1.53. The van der Waals surface area contributed by atoms with Crippen LogP contribution in [0.5, 0.6) is 11.5 Å². The van der Waals surface area contributed by atoms with E-state index >= 15 is 0 Å². The lowest BCUT2D eigenvalue weighted by Gasteiger charge is -2.22. The molecule has 0 aliphatic carbocycles. The van der Waals surface area contributed by atoms with E-state index in [0.717, 1.165) is 27.9 Å². The third-order valence-electron chi connectivity index (χ3n) is 6.10. The van der Waals surface area contributed by atoms with Gasteiger partial charge >= 0.3 is 0 Å². The topological polar surface area (TPSA) is 64.8 Å². The summed E-state index contributed by atoms with van der Waals surface area (Å²) < 4.78 is 17.4. The number of aromatic nitrogens is 1. The van der Waals surface area contributed by atoms with Crippen molar-refractivity contribution < 1.29 is 18.7 Å². The van der Waals surface area contributed by atoms with Gasteiger partial charge in [-0.15, -0.1) is 0 Å². The van der Waals surface area contributed by atoms with Crippen LogP contribution in [0.2, 0.25) is 10.0 Å². The quantitative estimate of drug-likeness (QED) is 0.197. The number of halogens is 2. The molecule has 38 heavy (non-hydrogen) atoms. The first kappa shape index (κ1) is 25.6. The Bertz CT molecular complexity index is 1550. The molecule has 0 saturated heterocycles. The van der Waals surface area contributed by atoms with Crippen LogP contribution in [0.3, 0.4) is 0 Å². The molecule has 1 amide bonds. The molecule has 1 heterocycles. The molecular weight excluding hydrogens is 523 g/mol. The zero-order valence-corrected chi connectivity index (χ0v) is 22.3. The number of para-hydroxylation sites is 2. The highest BCUT2D eigenvalue weighted by atomic mass is 35.5. The first-order chi connectivity index (χ1) is 18.4. The van der Waals surface area contributed by atoms with Gasteiger partial charge in [0.05, 0.1) is 13.7 Å². The summed E-state index contributed by atoms with van der Waals surface area (Å²) in [6.07, 6.45) is 0. The van der Waals surface area contributed by atoms with Crippen molar-refractivity contribution in [3.8, 4) is 23.0 Å². The summed E-state index contributed by atoms with van der Waals surface area (Å²) in [6.45, 7) is 2.08. The molecule has 192 valence electrons. The predicted molar refractivity (Wildman–Crippen MR) is 150 cm³/mol. The Morgan fingerprint density at radius 1 is 0.921 bits per heavy atom. The smallest absolute Gasteiger partial charge is 0.227 e. The van der Waals surface area contributed by atoms with Crippen LogP contribution in [0, 0.1) is 0 Å². The van der Waals surface area contributed by atoms with Crippen molar-refractivity contribution in [1.82, 2.24) is 4.98 Å². The van der Waals surface area contributed by atoms with E-state index < -0.39 is 0 Å². The number of rotatable bonds is 8. The first-order valence-electron chi connectivity index (χ1n) is 11.9. The number of carbonyl (C=O) groups is 1. The minimum Gasteiger partial charge on any atom is -0.493 e. The van der Waals surface area contributed by atoms with E-state index in [9.17, 15) is 4.79 Å². The van der Waals surface area contributed by atoms with Crippen molar-refractivity contribution in [1.29, 1.82) is 0 Å². The van der Waals surface area contributed by atoms with Gasteiger partial charge in [-0.05, 0) is 66.2 Å². The lowest BCUT2D eigenvalue weighted by atomic mass is 10.1. The van der Waals surface area contributed by atoms with E-state index in [2.05, 4.69) is 4.98 Å². The molecule has 5 rings (SSSR count). The second-order valence-corrected chi connectivity index (χ2v) is 9.43. The predicted octanol–water partition coefficient (Wildman–Crippen LogP) is 7.94. The average molecular weight is 547 g/mol. The molecule has 1 aromatic heterocycles. The van der Waals surface area contributed by atoms with E-state index in [1.807, 2.05) is 66.7 Å². The Morgan fingerprint density at radius 2 is 1.66 bits per heavy atom. The lowest BCUT2D eigenvalue weighted by Crippen LogP contribution is -2.27. The number of hydrogen-bond acceptors (Lipinski definition) is 5. The number of anilines is 1. The highest BCUT2D eigenvalue weighted by Gasteiger charge is 2.16. The summed E-state index contributed by atoms with van der Waals surface area (Å²) in [5, 5.41) is 1.07. The van der Waals surface area contributed by atoms with Crippen molar-refractivity contribution in [2.24, 2.45) is 0 Å². The molecular formula is C30H24Cl2N2O4. The summed E-state index contributed by atoms with van der Waals surface area (Å²) >= 11 is 12.5. The van der Waals surface area contributed by atoms with Crippen LogP contribution in [0.4, 0.5) is 5.69 Å². The number of nitrogens with zero attached hydrogens (tertiary/aromatic N) is 2. The molecule has 0 bridgehead atoms. The fraction of sp³-hybridized carbons (Fsp3) is 0.133. The molecule has 0 fully saturated rings. The molecule has 0 aliphatic heterocycles. The van der Waals surface area contributed by atoms with E-state index in [1.54, 1.807) is 30.2 Å². The maximum absolute atomic E-state index is 12.6. The number of oxazole rings is 1. The number of hydrogen-bond donors (Lipinski definition) is 0. The molecule has 0 saturated carbocycles. The molecule has 0 N–H and O–H groups in total. The second kappa shape index (κ2) is 11.2. The Balaban J connectivity index is 1.33. The Morgan fingerprint density at radius 3 is 2.34 bits per heavy atom. The van der Waals surface area contributed by atoms with Crippen molar-refractivity contribution in [2.75, 3.05) is 12.0 Å². The molecule has 6 nitrogen and oxygen atoms in total. The zero-order valence-electron chi connectivity index (χ0n) is 20.8. The van der Waals surface area contributed by atoms with Crippen molar-refractivity contribution in [3.63, 3.8) is 0 Å². The average Bonchev–Trinajstić information content (AvgIpc) is 3.36. The van der Waals surface area contributed by atoms with Gasteiger partial charge in [-0.25, -0.2) is 4.98 Å². The van der Waals surface area contributed by atoms with Gasteiger partial charge in [-0.2, -0.15) is 0 Å². The number of methoxy groups -OCH3 is 1. The number of ether oxygens (including phenoxy) is 2. The van der Waals surface area contributed by atoms with Crippen LogP contribution < -0.4 is 14.4 Å². The van der Waals surface area contributed by atoms with Gasteiger partial charge in [0.2, 0.25) is 11.8 Å². The van der Waals surface area contributed by atoms with Crippen molar-refractivity contribution in [3.05, 3.63) is 106 Å². The molecule has 8 heteroatoms. The third-order valence-corrected chi connectivity index (χ3v) is 6.81. The monoisotopic (exact) mass is 546 g/mol. The first-order valence-corrected chi connectivity index (χ1v) is 12.6. The molecule has 0 atom stereocenters. The number of amides is 1. The summed E-state index contributed by atoms with van der Waals surface area (Å²) in [7, 11) is 1.57. The third kappa shape index (κ3) is 5.47. The van der Waals surface area contributed by atoms with Crippen LogP contribution >= 0.6 is 23.2 Å². The van der Waals surface area contributed by atoms with Gasteiger partial charge in [-0.3, -0.25) is 4.79 Å². The SMILES string of the molecule is COc1cc(CN(C(C)=O)c2ccc(-c3nc4ccccc4o3)cc2)ccc1OCc1c(Cl)cccc1Cl. The van der Waals surface area contributed by atoms with Gasteiger partial charge in [-0.1, -0.05) is 47.5 Å². The van der Waals surface area contributed by atoms with E-state index in [4.69, 9.17) is 37.1 Å². The second-order valence-electron chi connectivity index (χ2n) is 8.61. The maximum atomic E-state index is 12.6. The summed E-state index contributed by atoms with van der Waals surface area (Å²) in [4.78, 5) is 18.8. The van der Waals surface area contributed by atoms with E-state index in [1.165, 1.54) is 6.92 Å². The van der Waals surface area contributed by atoms with E-state index in [0.29, 0.717) is 39.5 Å². The summed E-state index contributed by atoms with van der Waals surface area (Å²) in [6, 6.07) is 26.1. The maximum Gasteiger partial charge on any atom is 0.227 e. The van der Waals surface area contributed by atoms with Crippen LogP contribution in [-0.4, -0.2) is 18.0 Å². The van der Waals surface area contributed by atoms with Gasteiger partial charge in [0.25, 0.3) is 0 Å². The molecule has 0 spiro atoms. The van der Waals surface area contributed by atoms with Gasteiger partial charge < -0.3 is 18.8 Å². The highest BCUT2D eigenvalue weighted by Crippen LogP contribution is 2.33. The van der Waals surface area contributed by atoms with Crippen molar-refractivity contribution >= 4 is 45.9 Å². The van der Waals surface area contributed by atoms with Gasteiger partial charge in [0.1, 0.15) is 12.1 Å². The Labute approximate surface area is 230 Å². The van der Waals surface area contributed by atoms with Crippen LogP contribution in [-0.2, 0) is 17.9 Å². The standard InChI is InChI=1S/C30H24Cl2N2O4/c1-19(35)34(22-13-11-21(12-14-22)30-33-26-8-3-4-9-27(26)38-30)17-20-10-15-28(29(16-20)36-2)37-18-23-24(31)6-5-7-25(23)32/h3-16H,17-18H2,1-2H3. The number of carbonyl (C=O) groups excluding carboxylic acids is 1. The Kier molecular flexibility index (Phi) is 7.54. The number of benzene rings is 4.